The van der Waals surface area contributed by atoms with Gasteiger partial charge in [0, 0.05) is 38.3 Å². The number of hydrogen-bond donors (Lipinski definition) is 2. The number of carbonyl (C=O) groups is 2. The SMILES string of the molecule is CCn1nc(C)cc1C(=O)Nc1nc2cc(C(N)=O)cc(OC)c2n1CCCN1CCOCC1. The summed E-state index contributed by atoms with van der Waals surface area (Å²) in [6.45, 7) is 9.12. The van der Waals surface area contributed by atoms with Gasteiger partial charge in [0.2, 0.25) is 11.9 Å². The number of hydrogen-bond acceptors (Lipinski definition) is 7. The average Bonchev–Trinajstić information content (AvgIpc) is 3.38. The van der Waals surface area contributed by atoms with Crippen LogP contribution in [-0.2, 0) is 17.8 Å². The summed E-state index contributed by atoms with van der Waals surface area (Å²) >= 11 is 0. The lowest BCUT2D eigenvalue weighted by Gasteiger charge is -2.26. The summed E-state index contributed by atoms with van der Waals surface area (Å²) in [5.41, 5.74) is 8.23. The van der Waals surface area contributed by atoms with E-state index in [2.05, 4.69) is 20.3 Å². The highest BCUT2D eigenvalue weighted by molar-refractivity contribution is 6.04. The van der Waals surface area contributed by atoms with Crippen molar-refractivity contribution in [1.29, 1.82) is 0 Å². The number of methoxy groups -OCH3 is 1. The van der Waals surface area contributed by atoms with Crippen molar-refractivity contribution in [1.82, 2.24) is 24.2 Å². The average molecular weight is 470 g/mol. The van der Waals surface area contributed by atoms with Crippen LogP contribution in [0, 0.1) is 6.92 Å². The Hall–Kier alpha value is -3.44. The molecule has 0 bridgehead atoms. The van der Waals surface area contributed by atoms with Crippen LogP contribution in [0.5, 0.6) is 5.75 Å². The number of nitrogens with zero attached hydrogens (tertiary/aromatic N) is 5. The van der Waals surface area contributed by atoms with Gasteiger partial charge in [-0.15, -0.1) is 0 Å². The summed E-state index contributed by atoms with van der Waals surface area (Å²) in [6, 6.07) is 4.97. The number of anilines is 1. The molecular formula is C23H31N7O4. The predicted molar refractivity (Wildman–Crippen MR) is 127 cm³/mol. The van der Waals surface area contributed by atoms with E-state index in [1.54, 1.807) is 22.9 Å². The summed E-state index contributed by atoms with van der Waals surface area (Å²) in [4.78, 5) is 31.9. The van der Waals surface area contributed by atoms with Gasteiger partial charge in [-0.1, -0.05) is 0 Å². The number of benzene rings is 1. The highest BCUT2D eigenvalue weighted by atomic mass is 16.5. The molecule has 11 heteroatoms. The third kappa shape index (κ3) is 4.90. The Morgan fingerprint density at radius 2 is 1.97 bits per heavy atom. The third-order valence-electron chi connectivity index (χ3n) is 5.93. The Labute approximate surface area is 197 Å². The van der Waals surface area contributed by atoms with Gasteiger partial charge in [-0.05, 0) is 38.5 Å². The van der Waals surface area contributed by atoms with Crippen LogP contribution in [0.1, 0.15) is 39.9 Å². The number of carbonyl (C=O) groups excluding carboxylic acids is 2. The molecule has 1 aliphatic heterocycles. The molecule has 4 rings (SSSR count). The van der Waals surface area contributed by atoms with Crippen molar-refractivity contribution in [3.8, 4) is 5.75 Å². The van der Waals surface area contributed by atoms with Crippen LogP contribution in [0.25, 0.3) is 11.0 Å². The molecule has 0 aliphatic carbocycles. The van der Waals surface area contributed by atoms with Crippen LogP contribution in [0.3, 0.4) is 0 Å². The standard InChI is InChI=1S/C23H31N7O4/c1-4-30-18(12-15(2)27-30)22(32)26-23-25-17-13-16(21(24)31)14-19(33-3)20(17)29(23)7-5-6-28-8-10-34-11-9-28/h12-14H,4-11H2,1-3H3,(H2,24,31)(H,25,26,32). The minimum atomic E-state index is -0.574. The molecule has 34 heavy (non-hydrogen) atoms. The zero-order chi connectivity index (χ0) is 24.2. The molecule has 11 nitrogen and oxygen atoms in total. The second-order valence-corrected chi connectivity index (χ2v) is 8.25. The Bertz CT molecular complexity index is 1190. The third-order valence-corrected chi connectivity index (χ3v) is 5.93. The zero-order valence-electron chi connectivity index (χ0n) is 19.8. The van der Waals surface area contributed by atoms with E-state index in [4.69, 9.17) is 15.2 Å². The zero-order valence-corrected chi connectivity index (χ0v) is 19.8. The quantitative estimate of drug-likeness (QED) is 0.487. The fourth-order valence-corrected chi connectivity index (χ4v) is 4.25. The fourth-order valence-electron chi connectivity index (χ4n) is 4.25. The first-order chi connectivity index (χ1) is 16.4. The van der Waals surface area contributed by atoms with Crippen LogP contribution in [0.2, 0.25) is 0 Å². The van der Waals surface area contributed by atoms with Gasteiger partial charge in [0.15, 0.2) is 0 Å². The fraction of sp³-hybridized carbons (Fsp3) is 0.478. The molecule has 0 radical (unpaired) electrons. The number of aromatic nitrogens is 4. The van der Waals surface area contributed by atoms with Gasteiger partial charge in [0.05, 0.1) is 31.5 Å². The van der Waals surface area contributed by atoms with Crippen molar-refractivity contribution in [3.63, 3.8) is 0 Å². The number of rotatable bonds is 9. The first kappa shape index (κ1) is 23.7. The van der Waals surface area contributed by atoms with Gasteiger partial charge in [0.1, 0.15) is 17.0 Å². The molecule has 1 fully saturated rings. The predicted octanol–water partition coefficient (Wildman–Crippen LogP) is 1.64. The van der Waals surface area contributed by atoms with Gasteiger partial charge in [-0.2, -0.15) is 5.10 Å². The van der Waals surface area contributed by atoms with E-state index in [1.165, 1.54) is 7.11 Å². The molecule has 2 amide bonds. The first-order valence-electron chi connectivity index (χ1n) is 11.4. The van der Waals surface area contributed by atoms with Crippen LogP contribution in [0.4, 0.5) is 5.95 Å². The Morgan fingerprint density at radius 1 is 1.21 bits per heavy atom. The smallest absolute Gasteiger partial charge is 0.276 e. The Morgan fingerprint density at radius 3 is 2.65 bits per heavy atom. The molecule has 0 spiro atoms. The first-order valence-corrected chi connectivity index (χ1v) is 11.4. The molecule has 1 saturated heterocycles. The molecule has 3 heterocycles. The normalized spacial score (nSPS) is 14.4. The van der Waals surface area contributed by atoms with Gasteiger partial charge in [-0.3, -0.25) is 24.5 Å². The minimum Gasteiger partial charge on any atom is -0.494 e. The number of nitrogens with one attached hydrogen (secondary N) is 1. The second kappa shape index (κ2) is 10.2. The number of imidazole rings is 1. The van der Waals surface area contributed by atoms with E-state index in [0.717, 1.165) is 45.0 Å². The Balaban J connectivity index is 1.68. The van der Waals surface area contributed by atoms with Crippen molar-refractivity contribution >= 4 is 28.8 Å². The van der Waals surface area contributed by atoms with E-state index < -0.39 is 5.91 Å². The van der Waals surface area contributed by atoms with Crippen molar-refractivity contribution in [2.75, 3.05) is 45.3 Å². The lowest BCUT2D eigenvalue weighted by atomic mass is 10.1. The maximum absolute atomic E-state index is 13.1. The van der Waals surface area contributed by atoms with Crippen LogP contribution < -0.4 is 15.8 Å². The molecule has 3 aromatic rings. The van der Waals surface area contributed by atoms with Crippen LogP contribution >= 0.6 is 0 Å². The van der Waals surface area contributed by atoms with E-state index in [-0.39, 0.29) is 5.91 Å². The lowest BCUT2D eigenvalue weighted by Crippen LogP contribution is -2.37. The molecule has 0 atom stereocenters. The van der Waals surface area contributed by atoms with E-state index in [1.807, 2.05) is 18.4 Å². The van der Waals surface area contributed by atoms with Crippen molar-refractivity contribution in [3.05, 3.63) is 35.2 Å². The minimum absolute atomic E-state index is 0.292. The summed E-state index contributed by atoms with van der Waals surface area (Å²) < 4.78 is 14.6. The molecule has 2 aromatic heterocycles. The molecular weight excluding hydrogens is 438 g/mol. The number of primary amides is 1. The van der Waals surface area contributed by atoms with E-state index in [9.17, 15) is 9.59 Å². The molecule has 1 aromatic carbocycles. The largest absolute Gasteiger partial charge is 0.494 e. The molecule has 182 valence electrons. The molecule has 0 saturated carbocycles. The number of nitrogens with two attached hydrogens (primary N) is 1. The van der Waals surface area contributed by atoms with Gasteiger partial charge < -0.3 is 19.8 Å². The highest BCUT2D eigenvalue weighted by Crippen LogP contribution is 2.31. The van der Waals surface area contributed by atoms with E-state index in [0.29, 0.717) is 47.1 Å². The van der Waals surface area contributed by atoms with Crippen molar-refractivity contribution < 1.29 is 19.1 Å². The summed E-state index contributed by atoms with van der Waals surface area (Å²) in [7, 11) is 1.53. The number of fused-ring (bicyclic) bond motifs is 1. The summed E-state index contributed by atoms with van der Waals surface area (Å²) in [5, 5.41) is 7.30. The van der Waals surface area contributed by atoms with Gasteiger partial charge in [-0.25, -0.2) is 4.98 Å². The molecule has 3 N–H and O–H groups in total. The maximum atomic E-state index is 13.1. The number of aryl methyl sites for hydroxylation is 3. The topological polar surface area (TPSA) is 130 Å². The van der Waals surface area contributed by atoms with Crippen molar-refractivity contribution in [2.45, 2.75) is 33.4 Å². The second-order valence-electron chi connectivity index (χ2n) is 8.25. The number of morpholine rings is 1. The lowest BCUT2D eigenvalue weighted by molar-refractivity contribution is 0.0370. The maximum Gasteiger partial charge on any atom is 0.276 e. The monoisotopic (exact) mass is 469 g/mol. The van der Waals surface area contributed by atoms with Crippen LogP contribution in [-0.4, -0.2) is 76.0 Å². The Kier molecular flexibility index (Phi) is 7.13. The van der Waals surface area contributed by atoms with Gasteiger partial charge in [0.25, 0.3) is 5.91 Å². The van der Waals surface area contributed by atoms with E-state index >= 15 is 0 Å². The molecule has 1 aliphatic rings. The van der Waals surface area contributed by atoms with Gasteiger partial charge >= 0.3 is 0 Å². The van der Waals surface area contributed by atoms with Crippen LogP contribution in [0.15, 0.2) is 18.2 Å². The summed E-state index contributed by atoms with van der Waals surface area (Å²) in [6.07, 6.45) is 0.834. The molecule has 0 unspecified atom stereocenters. The highest BCUT2D eigenvalue weighted by Gasteiger charge is 2.22. The van der Waals surface area contributed by atoms with Crippen molar-refractivity contribution in [2.24, 2.45) is 5.73 Å². The summed E-state index contributed by atoms with van der Waals surface area (Å²) in [5.74, 6) is -0.0280. The number of ether oxygens (including phenoxy) is 2. The number of amides is 2.